The molecule has 0 unspecified atom stereocenters. The van der Waals surface area contributed by atoms with Gasteiger partial charge >= 0.3 is 0 Å². The largest absolute Gasteiger partial charge is 0.497 e. The minimum absolute atomic E-state index is 0. The van der Waals surface area contributed by atoms with Crippen molar-refractivity contribution in [3.8, 4) is 5.75 Å². The number of aryl methyl sites for hydroxylation is 1. The standard InChI is InChI=1S/C18H21N5O2.2ClH/c1-10(2)23-17-12(9-20-23)7-14(11(3)21-17)18(24)22-16-8-13(25-4)5-6-15(16)19;;/h5-10H,19H2,1-4H3,(H,22,24);2*1H. The Kier molecular flexibility index (Phi) is 7.45. The number of nitrogens with zero attached hydrogens (tertiary/aromatic N) is 3. The molecule has 0 saturated carbocycles. The van der Waals surface area contributed by atoms with Crippen molar-refractivity contribution in [1.29, 1.82) is 0 Å². The number of nitrogen functional groups attached to an aromatic ring is 1. The maximum Gasteiger partial charge on any atom is 0.257 e. The van der Waals surface area contributed by atoms with Crippen LogP contribution in [0, 0.1) is 6.92 Å². The Bertz CT molecular complexity index is 956. The van der Waals surface area contributed by atoms with Crippen LogP contribution in [0.1, 0.15) is 35.9 Å². The number of carbonyl (C=O) groups excluding carboxylic acids is 1. The maximum atomic E-state index is 12.7. The first-order valence-corrected chi connectivity index (χ1v) is 8.00. The van der Waals surface area contributed by atoms with Crippen LogP contribution in [0.15, 0.2) is 30.5 Å². The molecule has 0 atom stereocenters. The number of nitrogens with two attached hydrogens (primary N) is 1. The average molecular weight is 412 g/mol. The highest BCUT2D eigenvalue weighted by molar-refractivity contribution is 6.08. The summed E-state index contributed by atoms with van der Waals surface area (Å²) in [6.07, 6.45) is 1.72. The summed E-state index contributed by atoms with van der Waals surface area (Å²) in [6, 6.07) is 7.11. The van der Waals surface area contributed by atoms with Crippen LogP contribution in [-0.4, -0.2) is 27.8 Å². The van der Waals surface area contributed by atoms with Gasteiger partial charge in [-0.15, -0.1) is 24.8 Å². The first kappa shape index (κ1) is 22.5. The number of aromatic nitrogens is 3. The van der Waals surface area contributed by atoms with Crippen molar-refractivity contribution >= 4 is 53.1 Å². The van der Waals surface area contributed by atoms with Crippen molar-refractivity contribution in [2.45, 2.75) is 26.8 Å². The topological polar surface area (TPSA) is 95.1 Å². The predicted molar refractivity (Wildman–Crippen MR) is 113 cm³/mol. The number of rotatable bonds is 4. The number of carbonyl (C=O) groups is 1. The Hall–Kier alpha value is -2.51. The highest BCUT2D eigenvalue weighted by Gasteiger charge is 2.16. The number of nitrogens with one attached hydrogen (secondary N) is 1. The second-order valence-electron chi connectivity index (χ2n) is 6.12. The fourth-order valence-corrected chi connectivity index (χ4v) is 2.63. The van der Waals surface area contributed by atoms with Gasteiger partial charge in [0.05, 0.1) is 35.9 Å². The number of hydrogen-bond acceptors (Lipinski definition) is 5. The second kappa shape index (κ2) is 8.92. The summed E-state index contributed by atoms with van der Waals surface area (Å²) < 4.78 is 7.01. The Morgan fingerprint density at radius 2 is 1.96 bits per heavy atom. The summed E-state index contributed by atoms with van der Waals surface area (Å²) in [6.45, 7) is 5.88. The van der Waals surface area contributed by atoms with Gasteiger partial charge in [-0.25, -0.2) is 9.67 Å². The molecular formula is C18H23Cl2N5O2. The molecule has 7 nitrogen and oxygen atoms in total. The molecule has 0 bridgehead atoms. The van der Waals surface area contributed by atoms with Gasteiger partial charge in [0, 0.05) is 17.5 Å². The lowest BCUT2D eigenvalue weighted by atomic mass is 10.1. The third-order valence-electron chi connectivity index (χ3n) is 4.00. The summed E-state index contributed by atoms with van der Waals surface area (Å²) >= 11 is 0. The molecule has 3 N–H and O–H groups in total. The minimum Gasteiger partial charge on any atom is -0.497 e. The molecule has 1 amide bonds. The average Bonchev–Trinajstić information content (AvgIpc) is 2.98. The lowest BCUT2D eigenvalue weighted by Crippen LogP contribution is -2.15. The summed E-state index contributed by atoms with van der Waals surface area (Å²) in [4.78, 5) is 17.3. The van der Waals surface area contributed by atoms with E-state index in [-0.39, 0.29) is 36.8 Å². The molecule has 0 aliphatic rings. The van der Waals surface area contributed by atoms with E-state index in [0.29, 0.717) is 28.4 Å². The lowest BCUT2D eigenvalue weighted by Gasteiger charge is -2.12. The Balaban J connectivity index is 0.00000182. The van der Waals surface area contributed by atoms with Crippen molar-refractivity contribution in [1.82, 2.24) is 14.8 Å². The van der Waals surface area contributed by atoms with Crippen molar-refractivity contribution in [2.75, 3.05) is 18.2 Å². The minimum atomic E-state index is -0.274. The molecule has 27 heavy (non-hydrogen) atoms. The van der Waals surface area contributed by atoms with Gasteiger partial charge in [0.2, 0.25) is 0 Å². The molecule has 0 saturated heterocycles. The Labute approximate surface area is 170 Å². The first-order chi connectivity index (χ1) is 11.9. The van der Waals surface area contributed by atoms with Gasteiger partial charge < -0.3 is 15.8 Å². The normalized spacial score (nSPS) is 10.3. The van der Waals surface area contributed by atoms with Gasteiger partial charge in [-0.2, -0.15) is 5.10 Å². The van der Waals surface area contributed by atoms with Crippen LogP contribution in [0.4, 0.5) is 11.4 Å². The van der Waals surface area contributed by atoms with Crippen molar-refractivity contribution in [3.05, 3.63) is 41.7 Å². The predicted octanol–water partition coefficient (Wildman–Crippen LogP) is 4.01. The Morgan fingerprint density at radius 3 is 2.59 bits per heavy atom. The molecule has 0 aliphatic heterocycles. The van der Waals surface area contributed by atoms with Crippen LogP contribution in [0.5, 0.6) is 5.75 Å². The van der Waals surface area contributed by atoms with E-state index in [9.17, 15) is 4.79 Å². The third kappa shape index (κ3) is 4.43. The number of ether oxygens (including phenoxy) is 1. The van der Waals surface area contributed by atoms with Gasteiger partial charge in [0.1, 0.15) is 5.75 Å². The van der Waals surface area contributed by atoms with Crippen molar-refractivity contribution in [3.63, 3.8) is 0 Å². The highest BCUT2D eigenvalue weighted by atomic mass is 35.5. The van der Waals surface area contributed by atoms with Crippen molar-refractivity contribution in [2.24, 2.45) is 0 Å². The van der Waals surface area contributed by atoms with E-state index in [1.165, 1.54) is 0 Å². The van der Waals surface area contributed by atoms with E-state index >= 15 is 0 Å². The number of methoxy groups -OCH3 is 1. The zero-order valence-corrected chi connectivity index (χ0v) is 17.1. The molecule has 0 fully saturated rings. The van der Waals surface area contributed by atoms with Crippen LogP contribution in [0.2, 0.25) is 0 Å². The molecule has 0 radical (unpaired) electrons. The number of benzene rings is 1. The smallest absolute Gasteiger partial charge is 0.257 e. The van der Waals surface area contributed by atoms with Crippen LogP contribution >= 0.6 is 24.8 Å². The van der Waals surface area contributed by atoms with Gasteiger partial charge in [-0.1, -0.05) is 0 Å². The molecule has 2 heterocycles. The SMILES string of the molecule is COc1ccc(N)c(NC(=O)c2cc3cnn(C(C)C)c3nc2C)c1.Cl.Cl. The van der Waals surface area contributed by atoms with Crippen LogP contribution in [-0.2, 0) is 0 Å². The Morgan fingerprint density at radius 1 is 1.26 bits per heavy atom. The number of hydrogen-bond donors (Lipinski definition) is 2. The zero-order chi connectivity index (χ0) is 18.1. The lowest BCUT2D eigenvalue weighted by molar-refractivity contribution is 0.102. The highest BCUT2D eigenvalue weighted by Crippen LogP contribution is 2.26. The van der Waals surface area contributed by atoms with Crippen molar-refractivity contribution < 1.29 is 9.53 Å². The van der Waals surface area contributed by atoms with Crippen LogP contribution in [0.25, 0.3) is 11.0 Å². The molecule has 3 rings (SSSR count). The number of amides is 1. The van der Waals surface area contributed by atoms with Gasteiger partial charge in [-0.05, 0) is 39.0 Å². The summed E-state index contributed by atoms with van der Waals surface area (Å²) in [5.41, 5.74) is 8.79. The van der Waals surface area contributed by atoms with Crippen LogP contribution < -0.4 is 15.8 Å². The molecule has 2 aromatic heterocycles. The number of anilines is 2. The number of pyridine rings is 1. The molecule has 146 valence electrons. The van der Waals surface area contributed by atoms with E-state index < -0.39 is 0 Å². The molecule has 9 heteroatoms. The molecule has 0 spiro atoms. The van der Waals surface area contributed by atoms with Crippen LogP contribution in [0.3, 0.4) is 0 Å². The second-order valence-corrected chi connectivity index (χ2v) is 6.12. The summed E-state index contributed by atoms with van der Waals surface area (Å²) in [5.74, 6) is 0.345. The van der Waals surface area contributed by atoms with Gasteiger partial charge in [0.25, 0.3) is 5.91 Å². The maximum absolute atomic E-state index is 12.7. The monoisotopic (exact) mass is 411 g/mol. The fourth-order valence-electron chi connectivity index (χ4n) is 2.63. The van der Waals surface area contributed by atoms with E-state index in [0.717, 1.165) is 11.0 Å². The van der Waals surface area contributed by atoms with Gasteiger partial charge in [-0.3, -0.25) is 4.79 Å². The van der Waals surface area contributed by atoms with Gasteiger partial charge in [0.15, 0.2) is 5.65 Å². The number of fused-ring (bicyclic) bond motifs is 1. The molecule has 0 aliphatic carbocycles. The quantitative estimate of drug-likeness (QED) is 0.632. The van der Waals surface area contributed by atoms with E-state index in [2.05, 4.69) is 15.4 Å². The fraction of sp³-hybridized carbons (Fsp3) is 0.278. The summed E-state index contributed by atoms with van der Waals surface area (Å²) in [7, 11) is 1.56. The third-order valence-corrected chi connectivity index (χ3v) is 4.00. The van der Waals surface area contributed by atoms with E-state index in [4.69, 9.17) is 10.5 Å². The zero-order valence-electron chi connectivity index (χ0n) is 15.5. The molecular weight excluding hydrogens is 389 g/mol. The molecule has 3 aromatic rings. The van der Waals surface area contributed by atoms with E-state index in [1.807, 2.05) is 18.5 Å². The summed E-state index contributed by atoms with van der Waals surface area (Å²) in [5, 5.41) is 7.99. The first-order valence-electron chi connectivity index (χ1n) is 8.00. The van der Waals surface area contributed by atoms with E-state index in [1.54, 1.807) is 44.5 Å². The number of halogens is 2. The molecule has 1 aromatic carbocycles.